The van der Waals surface area contributed by atoms with Crippen LogP contribution in [-0.4, -0.2) is 31.9 Å². The van der Waals surface area contributed by atoms with E-state index >= 15 is 0 Å². The maximum absolute atomic E-state index is 10.2. The minimum absolute atomic E-state index is 0.112. The molecular formula is C23H24ClN3O2. The van der Waals surface area contributed by atoms with Gasteiger partial charge in [-0.25, -0.2) is 0 Å². The Morgan fingerprint density at radius 3 is 2.52 bits per heavy atom. The van der Waals surface area contributed by atoms with Gasteiger partial charge in [0.05, 0.1) is 17.7 Å². The highest BCUT2D eigenvalue weighted by atomic mass is 35.5. The van der Waals surface area contributed by atoms with Gasteiger partial charge in [-0.2, -0.15) is 0 Å². The number of ether oxygens (including phenoxy) is 1. The van der Waals surface area contributed by atoms with Crippen LogP contribution in [0.4, 0.5) is 0 Å². The third-order valence-electron chi connectivity index (χ3n) is 4.94. The summed E-state index contributed by atoms with van der Waals surface area (Å²) >= 11 is 6.14. The van der Waals surface area contributed by atoms with Gasteiger partial charge in [-0.3, -0.25) is 4.40 Å². The van der Waals surface area contributed by atoms with Gasteiger partial charge in [-0.15, -0.1) is 10.2 Å². The summed E-state index contributed by atoms with van der Waals surface area (Å²) in [4.78, 5) is 0. The Bertz CT molecular complexity index is 1180. The summed E-state index contributed by atoms with van der Waals surface area (Å²) in [5.74, 6) is 0. The molecular weight excluding hydrogens is 386 g/mol. The van der Waals surface area contributed by atoms with Crippen molar-refractivity contribution < 1.29 is 9.84 Å². The number of hydrogen-bond donors (Lipinski definition) is 1. The molecule has 1 atom stereocenters. The Morgan fingerprint density at radius 2 is 1.86 bits per heavy atom. The number of aromatic nitrogens is 3. The number of nitrogens with zero attached hydrogens (tertiary/aromatic N) is 3. The van der Waals surface area contributed by atoms with Crippen LogP contribution in [0.5, 0.6) is 0 Å². The zero-order valence-corrected chi connectivity index (χ0v) is 17.7. The minimum atomic E-state index is -0.457. The Hall–Kier alpha value is -2.47. The fourth-order valence-corrected chi connectivity index (χ4v) is 3.98. The molecule has 0 aliphatic carbocycles. The molecule has 5 nitrogen and oxygen atoms in total. The SMILES string of the molecule is Cc1cc2c(ccc3nncn32)c(-c2ccc(Cl)cc2)c1C(CO)OC(C)(C)C. The molecule has 6 heteroatoms. The fourth-order valence-electron chi connectivity index (χ4n) is 3.86. The summed E-state index contributed by atoms with van der Waals surface area (Å²) in [5.41, 5.74) is 5.45. The Balaban J connectivity index is 2.08. The predicted octanol–water partition coefficient (Wildman–Crippen LogP) is 5.36. The van der Waals surface area contributed by atoms with Crippen LogP contribution in [0.25, 0.3) is 27.7 Å². The number of fused-ring (bicyclic) bond motifs is 3. The van der Waals surface area contributed by atoms with Crippen molar-refractivity contribution in [3.8, 4) is 11.1 Å². The van der Waals surface area contributed by atoms with Crippen molar-refractivity contribution in [2.45, 2.75) is 39.4 Å². The first-order valence-corrected chi connectivity index (χ1v) is 9.97. The zero-order chi connectivity index (χ0) is 20.8. The lowest BCUT2D eigenvalue weighted by atomic mass is 9.88. The molecule has 4 rings (SSSR count). The topological polar surface area (TPSA) is 59.7 Å². The molecule has 1 unspecified atom stereocenters. The largest absolute Gasteiger partial charge is 0.393 e. The molecule has 0 radical (unpaired) electrons. The Kier molecular flexibility index (Phi) is 5.07. The minimum Gasteiger partial charge on any atom is -0.393 e. The van der Waals surface area contributed by atoms with Crippen molar-refractivity contribution >= 4 is 28.2 Å². The van der Waals surface area contributed by atoms with E-state index in [0.717, 1.165) is 38.8 Å². The molecule has 1 N–H and O–H groups in total. The van der Waals surface area contributed by atoms with Crippen molar-refractivity contribution in [1.82, 2.24) is 14.6 Å². The normalized spacial score (nSPS) is 13.3. The van der Waals surface area contributed by atoms with E-state index in [1.807, 2.05) is 62.4 Å². The van der Waals surface area contributed by atoms with Gasteiger partial charge in [0.2, 0.25) is 0 Å². The number of aryl methyl sites for hydroxylation is 1. The summed E-state index contributed by atoms with van der Waals surface area (Å²) in [6, 6.07) is 13.9. The van der Waals surface area contributed by atoms with E-state index in [4.69, 9.17) is 16.3 Å². The summed E-state index contributed by atoms with van der Waals surface area (Å²) in [6.45, 7) is 7.92. The monoisotopic (exact) mass is 409 g/mol. The molecule has 2 heterocycles. The molecule has 2 aromatic heterocycles. The summed E-state index contributed by atoms with van der Waals surface area (Å²) in [6.07, 6.45) is 1.26. The van der Waals surface area contributed by atoms with E-state index in [0.29, 0.717) is 5.02 Å². The molecule has 0 saturated carbocycles. The first kappa shape index (κ1) is 19.8. The second-order valence-corrected chi connectivity index (χ2v) is 8.65. The summed E-state index contributed by atoms with van der Waals surface area (Å²) < 4.78 is 8.23. The second-order valence-electron chi connectivity index (χ2n) is 8.22. The fraction of sp³-hybridized carbons (Fsp3) is 0.304. The van der Waals surface area contributed by atoms with E-state index in [9.17, 15) is 5.11 Å². The van der Waals surface area contributed by atoms with E-state index in [1.165, 1.54) is 0 Å². The number of aliphatic hydroxyl groups is 1. The van der Waals surface area contributed by atoms with Crippen LogP contribution in [0.3, 0.4) is 0 Å². The van der Waals surface area contributed by atoms with Gasteiger partial charge in [0, 0.05) is 10.4 Å². The molecule has 0 saturated heterocycles. The molecule has 0 fully saturated rings. The van der Waals surface area contributed by atoms with Crippen LogP contribution in [0.2, 0.25) is 5.02 Å². The first-order chi connectivity index (χ1) is 13.8. The van der Waals surface area contributed by atoms with Crippen LogP contribution in [0.15, 0.2) is 48.8 Å². The van der Waals surface area contributed by atoms with Crippen LogP contribution < -0.4 is 0 Å². The summed E-state index contributed by atoms with van der Waals surface area (Å²) in [7, 11) is 0. The van der Waals surface area contributed by atoms with Gasteiger partial charge in [-0.05, 0) is 80.3 Å². The summed E-state index contributed by atoms with van der Waals surface area (Å²) in [5, 5.41) is 20.2. The number of pyridine rings is 1. The van der Waals surface area contributed by atoms with Crippen LogP contribution in [-0.2, 0) is 4.74 Å². The van der Waals surface area contributed by atoms with E-state index in [-0.39, 0.29) is 6.61 Å². The average molecular weight is 410 g/mol. The van der Waals surface area contributed by atoms with Crippen molar-refractivity contribution in [2.24, 2.45) is 0 Å². The van der Waals surface area contributed by atoms with E-state index < -0.39 is 11.7 Å². The van der Waals surface area contributed by atoms with Crippen LogP contribution in [0, 0.1) is 6.92 Å². The first-order valence-electron chi connectivity index (χ1n) is 9.59. The quantitative estimate of drug-likeness (QED) is 0.493. The van der Waals surface area contributed by atoms with Crippen LogP contribution in [0.1, 0.15) is 38.0 Å². The Labute approximate surface area is 174 Å². The number of rotatable bonds is 4. The number of aliphatic hydroxyl groups excluding tert-OH is 1. The maximum atomic E-state index is 10.2. The third kappa shape index (κ3) is 3.73. The second kappa shape index (κ2) is 7.41. The van der Waals surface area contributed by atoms with Crippen molar-refractivity contribution in [2.75, 3.05) is 6.61 Å². The van der Waals surface area contributed by atoms with Gasteiger partial charge < -0.3 is 9.84 Å². The lowest BCUT2D eigenvalue weighted by molar-refractivity contribution is -0.0821. The molecule has 0 amide bonds. The van der Waals surface area contributed by atoms with Gasteiger partial charge in [0.25, 0.3) is 0 Å². The predicted molar refractivity (Wildman–Crippen MR) is 116 cm³/mol. The highest BCUT2D eigenvalue weighted by Crippen LogP contribution is 2.40. The Morgan fingerprint density at radius 1 is 1.14 bits per heavy atom. The number of benzene rings is 2. The molecule has 2 aromatic carbocycles. The maximum Gasteiger partial charge on any atom is 0.161 e. The molecule has 150 valence electrons. The van der Waals surface area contributed by atoms with Crippen LogP contribution >= 0.6 is 11.6 Å². The average Bonchev–Trinajstić information content (AvgIpc) is 3.15. The van der Waals surface area contributed by atoms with Gasteiger partial charge in [0.1, 0.15) is 12.4 Å². The molecule has 0 bridgehead atoms. The van der Waals surface area contributed by atoms with Gasteiger partial charge in [-0.1, -0.05) is 23.7 Å². The van der Waals surface area contributed by atoms with E-state index in [2.05, 4.69) is 22.3 Å². The molecule has 0 aliphatic heterocycles. The smallest absolute Gasteiger partial charge is 0.161 e. The van der Waals surface area contributed by atoms with Crippen molar-refractivity contribution in [3.63, 3.8) is 0 Å². The standard InChI is InChI=1S/C23H24ClN3O2/c1-14-11-18-17(9-10-20-26-25-13-27(18)20)22(15-5-7-16(24)8-6-15)21(14)19(12-28)29-23(2,3)4/h5-11,13,19,28H,12H2,1-4H3. The van der Waals surface area contributed by atoms with Gasteiger partial charge in [0.15, 0.2) is 5.65 Å². The van der Waals surface area contributed by atoms with Crippen molar-refractivity contribution in [1.29, 1.82) is 0 Å². The van der Waals surface area contributed by atoms with Crippen molar-refractivity contribution in [3.05, 3.63) is 64.9 Å². The van der Waals surface area contributed by atoms with E-state index in [1.54, 1.807) is 6.33 Å². The highest BCUT2D eigenvalue weighted by molar-refractivity contribution is 6.30. The number of halogens is 1. The lowest BCUT2D eigenvalue weighted by Crippen LogP contribution is -2.25. The highest BCUT2D eigenvalue weighted by Gasteiger charge is 2.26. The number of hydrogen-bond acceptors (Lipinski definition) is 4. The molecule has 4 aromatic rings. The molecule has 29 heavy (non-hydrogen) atoms. The lowest BCUT2D eigenvalue weighted by Gasteiger charge is -2.30. The zero-order valence-electron chi connectivity index (χ0n) is 17.0. The van der Waals surface area contributed by atoms with Gasteiger partial charge >= 0.3 is 0 Å². The third-order valence-corrected chi connectivity index (χ3v) is 5.19. The molecule has 0 aliphatic rings. The molecule has 0 spiro atoms.